The van der Waals surface area contributed by atoms with Crippen molar-refractivity contribution in [2.24, 2.45) is 0 Å². The number of nitrogens with one attached hydrogen (secondary N) is 1. The van der Waals surface area contributed by atoms with Crippen LogP contribution in [0.2, 0.25) is 0 Å². The summed E-state index contributed by atoms with van der Waals surface area (Å²) in [6.45, 7) is 1.81. The number of rotatable bonds is 2. The highest BCUT2D eigenvalue weighted by Crippen LogP contribution is 2.50. The van der Waals surface area contributed by atoms with Gasteiger partial charge in [-0.2, -0.15) is 0 Å². The van der Waals surface area contributed by atoms with E-state index in [-0.39, 0.29) is 0 Å². The van der Waals surface area contributed by atoms with Gasteiger partial charge >= 0.3 is 0 Å². The Kier molecular flexibility index (Phi) is 4.31. The van der Waals surface area contributed by atoms with Crippen LogP contribution in [0.15, 0.2) is 96.1 Å². The van der Waals surface area contributed by atoms with Crippen molar-refractivity contribution in [1.82, 2.24) is 5.32 Å². The van der Waals surface area contributed by atoms with Gasteiger partial charge in [0.1, 0.15) is 0 Å². The van der Waals surface area contributed by atoms with E-state index in [1.807, 2.05) is 0 Å². The molecule has 5 rings (SSSR count). The highest BCUT2D eigenvalue weighted by Gasteiger charge is 2.35. The van der Waals surface area contributed by atoms with Crippen LogP contribution in [-0.4, -0.2) is 13.1 Å². The second-order valence-corrected chi connectivity index (χ2v) is 7.89. The maximum absolute atomic E-state index is 3.92. The van der Waals surface area contributed by atoms with Gasteiger partial charge in [-0.1, -0.05) is 84.9 Å². The molecule has 1 N–H and O–H groups in total. The topological polar surface area (TPSA) is 12.0 Å². The monoisotopic (exact) mass is 413 g/mol. The second kappa shape index (κ2) is 6.95. The molecular formula is C25H20BrN. The van der Waals surface area contributed by atoms with Gasteiger partial charge in [-0.15, -0.1) is 0 Å². The molecule has 27 heavy (non-hydrogen) atoms. The Morgan fingerprint density at radius 3 is 2.22 bits per heavy atom. The molecule has 2 heteroatoms. The summed E-state index contributed by atoms with van der Waals surface area (Å²) in [5.74, 6) is 0.330. The van der Waals surface area contributed by atoms with E-state index >= 15 is 0 Å². The average Bonchev–Trinajstić information content (AvgIpc) is 3.09. The van der Waals surface area contributed by atoms with Gasteiger partial charge in [0, 0.05) is 23.5 Å². The fourth-order valence-electron chi connectivity index (χ4n) is 4.41. The molecule has 0 saturated heterocycles. The fourth-order valence-corrected chi connectivity index (χ4v) is 5.01. The normalized spacial score (nSPS) is 20.3. The molecule has 3 aromatic rings. The summed E-state index contributed by atoms with van der Waals surface area (Å²) in [4.78, 5) is 0. The van der Waals surface area contributed by atoms with Crippen LogP contribution in [0.5, 0.6) is 0 Å². The van der Waals surface area contributed by atoms with E-state index in [0.29, 0.717) is 5.92 Å². The van der Waals surface area contributed by atoms with Crippen LogP contribution < -0.4 is 5.32 Å². The van der Waals surface area contributed by atoms with Crippen molar-refractivity contribution < 1.29 is 0 Å². The number of halogens is 1. The van der Waals surface area contributed by atoms with Gasteiger partial charge < -0.3 is 5.32 Å². The minimum absolute atomic E-state index is 0.330. The summed E-state index contributed by atoms with van der Waals surface area (Å²) in [6, 6.07) is 30.4. The Morgan fingerprint density at radius 1 is 0.778 bits per heavy atom. The van der Waals surface area contributed by atoms with E-state index in [1.54, 1.807) is 0 Å². The predicted molar refractivity (Wildman–Crippen MR) is 117 cm³/mol. The van der Waals surface area contributed by atoms with Crippen molar-refractivity contribution in [3.63, 3.8) is 0 Å². The van der Waals surface area contributed by atoms with Crippen LogP contribution in [0, 0.1) is 0 Å². The summed E-state index contributed by atoms with van der Waals surface area (Å²) >= 11 is 3.92. The largest absolute Gasteiger partial charge is 0.309 e. The molecule has 0 fully saturated rings. The molecule has 0 radical (unpaired) electrons. The molecule has 0 bridgehead atoms. The molecule has 0 saturated carbocycles. The molecule has 0 aromatic heterocycles. The maximum Gasteiger partial charge on any atom is 0.0327 e. The lowest BCUT2D eigenvalue weighted by Gasteiger charge is -2.25. The van der Waals surface area contributed by atoms with Crippen molar-refractivity contribution in [3.05, 3.63) is 118 Å². The minimum atomic E-state index is 0.330. The van der Waals surface area contributed by atoms with Crippen molar-refractivity contribution in [1.29, 1.82) is 0 Å². The molecule has 1 unspecified atom stereocenters. The van der Waals surface area contributed by atoms with E-state index in [4.69, 9.17) is 0 Å². The van der Waals surface area contributed by atoms with Gasteiger partial charge in [0.05, 0.1) is 0 Å². The Morgan fingerprint density at radius 2 is 1.44 bits per heavy atom. The number of hydrogen-bond acceptors (Lipinski definition) is 1. The molecule has 1 atom stereocenters. The molecule has 0 spiro atoms. The first-order valence-electron chi connectivity index (χ1n) is 9.37. The third-order valence-corrected chi connectivity index (χ3v) is 6.49. The van der Waals surface area contributed by atoms with E-state index in [0.717, 1.165) is 13.1 Å². The van der Waals surface area contributed by atoms with Crippen LogP contribution >= 0.6 is 15.9 Å². The third kappa shape index (κ3) is 2.80. The molecule has 0 amide bonds. The lowest BCUT2D eigenvalue weighted by molar-refractivity contribution is 0.751. The van der Waals surface area contributed by atoms with Crippen LogP contribution in [-0.2, 0) is 0 Å². The summed E-state index contributed by atoms with van der Waals surface area (Å²) in [5, 5.41) is 3.65. The molecular weight excluding hydrogens is 394 g/mol. The average molecular weight is 414 g/mol. The molecule has 3 aromatic carbocycles. The molecule has 132 valence electrons. The van der Waals surface area contributed by atoms with Gasteiger partial charge in [-0.05, 0) is 54.9 Å². The molecule has 1 aliphatic heterocycles. The summed E-state index contributed by atoms with van der Waals surface area (Å²) in [5.41, 5.74) is 9.66. The van der Waals surface area contributed by atoms with Crippen molar-refractivity contribution >= 4 is 26.0 Å². The van der Waals surface area contributed by atoms with Gasteiger partial charge in [-0.3, -0.25) is 0 Å². The first kappa shape index (κ1) is 16.7. The predicted octanol–water partition coefficient (Wildman–Crippen LogP) is 6.00. The van der Waals surface area contributed by atoms with Gasteiger partial charge in [0.25, 0.3) is 0 Å². The summed E-state index contributed by atoms with van der Waals surface area (Å²) in [6.07, 6.45) is 0. The zero-order valence-electron chi connectivity index (χ0n) is 15.0. The smallest absolute Gasteiger partial charge is 0.0327 e. The Hall–Kier alpha value is -2.42. The van der Waals surface area contributed by atoms with Crippen molar-refractivity contribution in [2.75, 3.05) is 13.1 Å². The van der Waals surface area contributed by atoms with E-state index < -0.39 is 0 Å². The third-order valence-electron chi connectivity index (χ3n) is 5.55. The zero-order chi connectivity index (χ0) is 18.2. The zero-order valence-corrected chi connectivity index (χ0v) is 16.5. The Bertz CT molecular complexity index is 1050. The SMILES string of the molecule is Br/C(=C1/CNCC2=C1c1ccccc1C2c1ccccc1)c1ccccc1. The Labute approximate surface area is 168 Å². The fraction of sp³-hybridized carbons (Fsp3) is 0.120. The minimum Gasteiger partial charge on any atom is -0.309 e. The van der Waals surface area contributed by atoms with Gasteiger partial charge in [-0.25, -0.2) is 0 Å². The van der Waals surface area contributed by atoms with Crippen LogP contribution in [0.4, 0.5) is 0 Å². The van der Waals surface area contributed by atoms with Crippen molar-refractivity contribution in [2.45, 2.75) is 5.92 Å². The second-order valence-electron chi connectivity index (χ2n) is 7.09. The highest BCUT2D eigenvalue weighted by molar-refractivity contribution is 9.15. The Balaban J connectivity index is 1.74. The van der Waals surface area contributed by atoms with Crippen LogP contribution in [0.1, 0.15) is 28.2 Å². The number of fused-ring (bicyclic) bond motifs is 2. The number of hydrogen-bond donors (Lipinski definition) is 1. The summed E-state index contributed by atoms with van der Waals surface area (Å²) < 4.78 is 1.19. The quantitative estimate of drug-likeness (QED) is 0.543. The van der Waals surface area contributed by atoms with E-state index in [9.17, 15) is 0 Å². The first-order valence-corrected chi connectivity index (χ1v) is 10.2. The van der Waals surface area contributed by atoms with Crippen LogP contribution in [0.25, 0.3) is 10.1 Å². The lowest BCUT2D eigenvalue weighted by Crippen LogP contribution is -2.27. The van der Waals surface area contributed by atoms with Gasteiger partial charge in [0.2, 0.25) is 0 Å². The molecule has 1 heterocycles. The summed E-state index contributed by atoms with van der Waals surface area (Å²) in [7, 11) is 0. The number of benzene rings is 3. The lowest BCUT2D eigenvalue weighted by atomic mass is 9.87. The molecule has 2 aliphatic rings. The van der Waals surface area contributed by atoms with Crippen LogP contribution in [0.3, 0.4) is 0 Å². The highest BCUT2D eigenvalue weighted by atomic mass is 79.9. The van der Waals surface area contributed by atoms with E-state index in [1.165, 1.54) is 43.5 Å². The molecule has 1 nitrogen and oxygen atoms in total. The van der Waals surface area contributed by atoms with Gasteiger partial charge in [0.15, 0.2) is 0 Å². The van der Waals surface area contributed by atoms with Crippen molar-refractivity contribution in [3.8, 4) is 0 Å². The maximum atomic E-state index is 3.92. The molecule has 1 aliphatic carbocycles. The van der Waals surface area contributed by atoms with E-state index in [2.05, 4.69) is 106 Å². The standard InChI is InChI=1S/C25H20BrN/c26-25(18-11-5-2-6-12-18)22-16-27-15-21-23(17-9-3-1-4-10-17)19-13-7-8-14-20(19)24(21)22/h1-14,23,27H,15-16H2/b25-22-. The first-order chi connectivity index (χ1) is 13.3.